The van der Waals surface area contributed by atoms with E-state index in [1.165, 1.54) is 5.56 Å². The minimum atomic E-state index is -0.248. The van der Waals surface area contributed by atoms with Crippen LogP contribution in [0.25, 0.3) is 0 Å². The number of aryl methyl sites for hydroxylation is 1. The Labute approximate surface area is 115 Å². The molecule has 1 aliphatic rings. The predicted molar refractivity (Wildman–Crippen MR) is 77.9 cm³/mol. The molecule has 0 spiro atoms. The minimum Gasteiger partial charge on any atom is -0.352 e. The van der Waals surface area contributed by atoms with E-state index in [1.54, 1.807) is 0 Å². The summed E-state index contributed by atoms with van der Waals surface area (Å²) < 4.78 is 0. The molecule has 1 aromatic carbocycles. The summed E-state index contributed by atoms with van der Waals surface area (Å²) in [6.45, 7) is 6.63. The highest BCUT2D eigenvalue weighted by atomic mass is 16.2. The van der Waals surface area contributed by atoms with E-state index in [0.29, 0.717) is 6.54 Å². The fourth-order valence-corrected chi connectivity index (χ4v) is 2.54. The Hall–Kier alpha value is -1.35. The molecule has 0 saturated carbocycles. The number of rotatable bonds is 4. The number of carbonyl (C=O) groups is 1. The lowest BCUT2D eigenvalue weighted by Crippen LogP contribution is -2.48. The molecule has 0 aromatic heterocycles. The third kappa shape index (κ3) is 3.57. The largest absolute Gasteiger partial charge is 0.352 e. The number of piperidine rings is 1. The summed E-state index contributed by atoms with van der Waals surface area (Å²) in [6.07, 6.45) is 3.10. The van der Waals surface area contributed by atoms with Gasteiger partial charge in [-0.05, 0) is 43.9 Å². The maximum Gasteiger partial charge on any atom is 0.227 e. The van der Waals surface area contributed by atoms with E-state index >= 15 is 0 Å². The molecule has 3 nitrogen and oxygen atoms in total. The van der Waals surface area contributed by atoms with Gasteiger partial charge in [0.05, 0.1) is 5.41 Å². The molecule has 1 fully saturated rings. The third-order valence-electron chi connectivity index (χ3n) is 4.03. The Morgan fingerprint density at radius 1 is 1.32 bits per heavy atom. The van der Waals surface area contributed by atoms with Crippen LogP contribution in [0.1, 0.15) is 37.8 Å². The molecule has 0 radical (unpaired) electrons. The van der Waals surface area contributed by atoms with E-state index in [0.717, 1.165) is 37.9 Å². The molecular formula is C16H24N2O. The van der Waals surface area contributed by atoms with Gasteiger partial charge in [0.25, 0.3) is 0 Å². The van der Waals surface area contributed by atoms with Crippen LogP contribution in [0.4, 0.5) is 0 Å². The zero-order valence-electron chi connectivity index (χ0n) is 12.0. The van der Waals surface area contributed by atoms with Gasteiger partial charge in [-0.15, -0.1) is 0 Å². The molecule has 1 saturated heterocycles. The number of amides is 1. The summed E-state index contributed by atoms with van der Waals surface area (Å²) in [7, 11) is 0. The zero-order chi connectivity index (χ0) is 13.7. The molecule has 1 unspecified atom stereocenters. The smallest absolute Gasteiger partial charge is 0.227 e. The van der Waals surface area contributed by atoms with Gasteiger partial charge in [-0.25, -0.2) is 0 Å². The Morgan fingerprint density at radius 2 is 2.00 bits per heavy atom. The molecule has 104 valence electrons. The molecule has 1 amide bonds. The summed E-state index contributed by atoms with van der Waals surface area (Å²) >= 11 is 0. The molecule has 2 N–H and O–H groups in total. The van der Waals surface area contributed by atoms with Crippen LogP contribution in [0.15, 0.2) is 24.3 Å². The van der Waals surface area contributed by atoms with Gasteiger partial charge in [0, 0.05) is 13.1 Å². The predicted octanol–water partition coefficient (Wildman–Crippen LogP) is 2.25. The second kappa shape index (κ2) is 6.20. The van der Waals surface area contributed by atoms with Crippen LogP contribution in [0.5, 0.6) is 0 Å². The lowest BCUT2D eigenvalue weighted by molar-refractivity contribution is -0.131. The molecule has 1 atom stereocenters. The van der Waals surface area contributed by atoms with Crippen LogP contribution in [0.2, 0.25) is 0 Å². The number of benzene rings is 1. The van der Waals surface area contributed by atoms with Gasteiger partial charge in [0.15, 0.2) is 0 Å². The van der Waals surface area contributed by atoms with E-state index < -0.39 is 0 Å². The van der Waals surface area contributed by atoms with Crippen molar-refractivity contribution in [3.05, 3.63) is 35.4 Å². The molecule has 1 aliphatic heterocycles. The van der Waals surface area contributed by atoms with Crippen LogP contribution >= 0.6 is 0 Å². The Morgan fingerprint density at radius 3 is 2.58 bits per heavy atom. The molecule has 1 heterocycles. The van der Waals surface area contributed by atoms with E-state index in [9.17, 15) is 4.79 Å². The minimum absolute atomic E-state index is 0.166. The number of hydrogen-bond donors (Lipinski definition) is 2. The van der Waals surface area contributed by atoms with Crippen LogP contribution < -0.4 is 10.6 Å². The molecule has 1 aromatic rings. The Bertz CT molecular complexity index is 419. The van der Waals surface area contributed by atoms with Crippen molar-refractivity contribution in [2.24, 2.45) is 5.41 Å². The van der Waals surface area contributed by atoms with Crippen molar-refractivity contribution in [1.29, 1.82) is 0 Å². The van der Waals surface area contributed by atoms with Gasteiger partial charge in [-0.1, -0.05) is 31.2 Å². The van der Waals surface area contributed by atoms with Gasteiger partial charge in [0.1, 0.15) is 0 Å². The highest BCUT2D eigenvalue weighted by Gasteiger charge is 2.34. The van der Waals surface area contributed by atoms with Crippen LogP contribution in [0.3, 0.4) is 0 Å². The van der Waals surface area contributed by atoms with Crippen molar-refractivity contribution in [2.45, 2.75) is 39.7 Å². The summed E-state index contributed by atoms with van der Waals surface area (Å²) in [5.74, 6) is 0.166. The standard InChI is InChI=1S/C16H24N2O/c1-3-13-5-7-14(8-6-13)11-18-15(19)16(2)9-4-10-17-12-16/h5-8,17H,3-4,9-12H2,1-2H3,(H,18,19). The summed E-state index contributed by atoms with van der Waals surface area (Å²) in [5.41, 5.74) is 2.25. The lowest BCUT2D eigenvalue weighted by Gasteiger charge is -2.32. The lowest BCUT2D eigenvalue weighted by atomic mass is 9.82. The van der Waals surface area contributed by atoms with Crippen molar-refractivity contribution in [1.82, 2.24) is 10.6 Å². The van der Waals surface area contributed by atoms with Crippen molar-refractivity contribution >= 4 is 5.91 Å². The molecule has 2 rings (SSSR count). The summed E-state index contributed by atoms with van der Waals surface area (Å²) in [6, 6.07) is 8.46. The first-order valence-corrected chi connectivity index (χ1v) is 7.21. The van der Waals surface area contributed by atoms with Crippen molar-refractivity contribution < 1.29 is 4.79 Å². The van der Waals surface area contributed by atoms with Gasteiger partial charge in [-0.3, -0.25) is 4.79 Å². The molecule has 3 heteroatoms. The van der Waals surface area contributed by atoms with Crippen LogP contribution in [-0.2, 0) is 17.8 Å². The second-order valence-electron chi connectivity index (χ2n) is 5.69. The Balaban J connectivity index is 1.88. The normalized spacial score (nSPS) is 23.1. The van der Waals surface area contributed by atoms with Crippen molar-refractivity contribution in [2.75, 3.05) is 13.1 Å². The summed E-state index contributed by atoms with van der Waals surface area (Å²) in [4.78, 5) is 12.3. The van der Waals surface area contributed by atoms with Gasteiger partial charge < -0.3 is 10.6 Å². The first-order chi connectivity index (χ1) is 9.14. The van der Waals surface area contributed by atoms with Crippen LogP contribution in [0, 0.1) is 5.41 Å². The Kier molecular flexibility index (Phi) is 4.59. The van der Waals surface area contributed by atoms with Gasteiger partial charge in [-0.2, -0.15) is 0 Å². The first kappa shape index (κ1) is 14.1. The maximum absolute atomic E-state index is 12.3. The molecule has 0 aliphatic carbocycles. The van der Waals surface area contributed by atoms with Gasteiger partial charge >= 0.3 is 0 Å². The number of nitrogens with one attached hydrogen (secondary N) is 2. The molecular weight excluding hydrogens is 236 g/mol. The van der Waals surface area contributed by atoms with E-state index in [2.05, 4.69) is 48.7 Å². The summed E-state index contributed by atoms with van der Waals surface area (Å²) in [5, 5.41) is 6.38. The quantitative estimate of drug-likeness (QED) is 0.872. The SMILES string of the molecule is CCc1ccc(CNC(=O)C2(C)CCCNC2)cc1. The van der Waals surface area contributed by atoms with Crippen LogP contribution in [-0.4, -0.2) is 19.0 Å². The average molecular weight is 260 g/mol. The second-order valence-corrected chi connectivity index (χ2v) is 5.69. The maximum atomic E-state index is 12.3. The number of carbonyl (C=O) groups excluding carboxylic acids is 1. The first-order valence-electron chi connectivity index (χ1n) is 7.21. The fraction of sp³-hybridized carbons (Fsp3) is 0.562. The van der Waals surface area contributed by atoms with E-state index in [4.69, 9.17) is 0 Å². The fourth-order valence-electron chi connectivity index (χ4n) is 2.54. The molecule has 0 bridgehead atoms. The third-order valence-corrected chi connectivity index (χ3v) is 4.03. The van der Waals surface area contributed by atoms with Crippen molar-refractivity contribution in [3.63, 3.8) is 0 Å². The van der Waals surface area contributed by atoms with Crippen molar-refractivity contribution in [3.8, 4) is 0 Å². The van der Waals surface area contributed by atoms with E-state index in [-0.39, 0.29) is 11.3 Å². The van der Waals surface area contributed by atoms with Gasteiger partial charge in [0.2, 0.25) is 5.91 Å². The molecule has 19 heavy (non-hydrogen) atoms. The average Bonchev–Trinajstić information content (AvgIpc) is 2.46. The highest BCUT2D eigenvalue weighted by Crippen LogP contribution is 2.25. The number of hydrogen-bond acceptors (Lipinski definition) is 2. The zero-order valence-corrected chi connectivity index (χ0v) is 12.0. The van der Waals surface area contributed by atoms with E-state index in [1.807, 2.05) is 0 Å². The monoisotopic (exact) mass is 260 g/mol. The topological polar surface area (TPSA) is 41.1 Å². The highest BCUT2D eigenvalue weighted by molar-refractivity contribution is 5.82.